The number of hydrogen-bond donors (Lipinski definition) is 2. The fourth-order valence-corrected chi connectivity index (χ4v) is 5.70. The highest BCUT2D eigenvalue weighted by Gasteiger charge is 2.33. The average Bonchev–Trinajstić information content (AvgIpc) is 3.91. The molecule has 0 unspecified atom stereocenters. The molecule has 0 spiro atoms. The molecule has 0 saturated heterocycles. The van der Waals surface area contributed by atoms with Gasteiger partial charge < -0.3 is 9.97 Å². The second-order valence-corrected chi connectivity index (χ2v) is 10.7. The van der Waals surface area contributed by atoms with Gasteiger partial charge in [-0.3, -0.25) is 0 Å². The predicted molar refractivity (Wildman–Crippen MR) is 150 cm³/mol. The van der Waals surface area contributed by atoms with E-state index in [-0.39, 0.29) is 0 Å². The Labute approximate surface area is 271 Å². The summed E-state index contributed by atoms with van der Waals surface area (Å²) in [5.74, 6) is -37.2. The molecule has 7 rings (SSSR count). The predicted octanol–water partition coefficient (Wildman–Crippen LogP) is 10.7. The van der Waals surface area contributed by atoms with Gasteiger partial charge in [0.25, 0.3) is 0 Å². The SMILES string of the molecule is Fc1c(F)c(F)c(-c2c3nc(c(-c4c(F)c(F)c(F)c(F)c4F)c4ccc([nH]4)c(-c4c(F)c(F)c(F)c(F)c4F)c4ccc2[nH]4)C=C3)c(F)c1F. The van der Waals surface area contributed by atoms with Gasteiger partial charge in [-0.05, 0) is 36.4 Å². The van der Waals surface area contributed by atoms with E-state index in [0.29, 0.717) is 0 Å². The highest BCUT2D eigenvalue weighted by molar-refractivity contribution is 6.00. The summed E-state index contributed by atoms with van der Waals surface area (Å²) in [5, 5.41) is 0. The van der Waals surface area contributed by atoms with Crippen LogP contribution in [0, 0.1) is 87.3 Å². The molecule has 1 aliphatic rings. The third-order valence-corrected chi connectivity index (χ3v) is 7.98. The highest BCUT2D eigenvalue weighted by atomic mass is 19.2. The van der Waals surface area contributed by atoms with Crippen molar-refractivity contribution in [1.29, 1.82) is 0 Å². The highest BCUT2D eigenvalue weighted by Crippen LogP contribution is 2.43. The number of rotatable bonds is 3. The standard InChI is InChI=1S/C33H8F15N3/c34-19-16(20(35)26(41)31(46)25(19)40)13-7-1-2-8(49-7)14(17-21(36)27(42)32(47)28(43)22(17)37)10-5-6-12(51-10)15(11-4-3-9(13)50-11)18-23(38)29(44)33(48)30(45)24(18)39/h1-6,49-50H. The third kappa shape index (κ3) is 4.68. The summed E-state index contributed by atoms with van der Waals surface area (Å²) in [6.45, 7) is 0. The average molecular weight is 731 g/mol. The van der Waals surface area contributed by atoms with Crippen LogP contribution in [-0.2, 0) is 0 Å². The van der Waals surface area contributed by atoms with Crippen LogP contribution < -0.4 is 0 Å². The summed E-state index contributed by atoms with van der Waals surface area (Å²) in [4.78, 5) is 8.72. The van der Waals surface area contributed by atoms with E-state index in [1.807, 2.05) is 0 Å². The van der Waals surface area contributed by atoms with Crippen LogP contribution in [0.15, 0.2) is 24.3 Å². The van der Waals surface area contributed by atoms with Gasteiger partial charge >= 0.3 is 0 Å². The smallest absolute Gasteiger partial charge is 0.200 e. The third-order valence-electron chi connectivity index (χ3n) is 7.98. The topological polar surface area (TPSA) is 44.5 Å². The molecule has 0 aliphatic carbocycles. The normalized spacial score (nSPS) is 12.1. The quantitative estimate of drug-likeness (QED) is 0.106. The lowest BCUT2D eigenvalue weighted by Crippen LogP contribution is -2.06. The fraction of sp³-hybridized carbons (Fsp3) is 0. The zero-order chi connectivity index (χ0) is 37.0. The number of H-pyrrole nitrogens is 2. The summed E-state index contributed by atoms with van der Waals surface area (Å²) >= 11 is 0. The van der Waals surface area contributed by atoms with E-state index < -0.39 is 154 Å². The van der Waals surface area contributed by atoms with Gasteiger partial charge in [0.15, 0.2) is 69.8 Å². The number of aromatic nitrogens is 3. The number of aromatic amines is 2. The summed E-state index contributed by atoms with van der Waals surface area (Å²) in [6.07, 6.45) is 1.59. The van der Waals surface area contributed by atoms with Crippen molar-refractivity contribution in [3.05, 3.63) is 123 Å². The number of nitrogens with zero attached hydrogens (tertiary/aromatic N) is 1. The summed E-state index contributed by atoms with van der Waals surface area (Å²) in [7, 11) is 0. The molecule has 3 aromatic carbocycles. The molecule has 51 heavy (non-hydrogen) atoms. The molecule has 4 heterocycles. The largest absolute Gasteiger partial charge is 0.354 e. The van der Waals surface area contributed by atoms with Crippen molar-refractivity contribution in [1.82, 2.24) is 15.0 Å². The van der Waals surface area contributed by atoms with E-state index >= 15 is 26.3 Å². The number of fused-ring (bicyclic) bond motifs is 6. The summed E-state index contributed by atoms with van der Waals surface area (Å²) < 4.78 is 221. The van der Waals surface area contributed by atoms with E-state index in [0.717, 1.165) is 36.4 Å². The van der Waals surface area contributed by atoms with Crippen LogP contribution >= 0.6 is 0 Å². The lowest BCUT2D eigenvalue weighted by molar-refractivity contribution is 0.381. The maximum atomic E-state index is 15.3. The molecule has 0 amide bonds. The molecule has 2 N–H and O–H groups in total. The number of halogens is 15. The lowest BCUT2D eigenvalue weighted by atomic mass is 10.0. The molecule has 0 radical (unpaired) electrons. The lowest BCUT2D eigenvalue weighted by Gasteiger charge is -2.11. The molecule has 6 bridgehead atoms. The number of nitrogens with one attached hydrogen (secondary N) is 2. The van der Waals surface area contributed by atoms with Crippen molar-refractivity contribution in [3.8, 4) is 33.4 Å². The van der Waals surface area contributed by atoms with E-state index in [9.17, 15) is 39.5 Å². The number of benzene rings is 3. The van der Waals surface area contributed by atoms with Crippen molar-refractivity contribution < 1.29 is 65.9 Å². The van der Waals surface area contributed by atoms with Crippen LogP contribution in [0.4, 0.5) is 65.9 Å². The monoisotopic (exact) mass is 731 g/mol. The van der Waals surface area contributed by atoms with Gasteiger partial charge in [0.05, 0.1) is 28.1 Å². The first kappa shape index (κ1) is 33.6. The van der Waals surface area contributed by atoms with Crippen LogP contribution in [0.3, 0.4) is 0 Å². The molecule has 260 valence electrons. The zero-order valence-corrected chi connectivity index (χ0v) is 24.1. The van der Waals surface area contributed by atoms with Gasteiger partial charge in [-0.1, -0.05) is 0 Å². The molecular weight excluding hydrogens is 723 g/mol. The molecule has 18 heteroatoms. The van der Waals surface area contributed by atoms with E-state index in [4.69, 9.17) is 0 Å². The Bertz CT molecular complexity index is 2430. The van der Waals surface area contributed by atoms with Crippen LogP contribution in [0.1, 0.15) is 11.4 Å². The van der Waals surface area contributed by atoms with E-state index in [2.05, 4.69) is 15.0 Å². The molecule has 3 aromatic heterocycles. The Hall–Kier alpha value is -5.94. The Kier molecular flexibility index (Phi) is 7.61. The summed E-state index contributed by atoms with van der Waals surface area (Å²) in [6, 6.07) is 3.34. The molecule has 0 fully saturated rings. The van der Waals surface area contributed by atoms with Crippen molar-refractivity contribution in [2.24, 2.45) is 0 Å². The van der Waals surface area contributed by atoms with Crippen LogP contribution in [-0.4, -0.2) is 15.0 Å². The maximum Gasteiger partial charge on any atom is 0.200 e. The first-order chi connectivity index (χ1) is 24.1. The Morgan fingerprint density at radius 1 is 0.275 bits per heavy atom. The van der Waals surface area contributed by atoms with Gasteiger partial charge in [-0.25, -0.2) is 70.8 Å². The van der Waals surface area contributed by atoms with E-state index in [1.54, 1.807) is 0 Å². The van der Waals surface area contributed by atoms with Crippen molar-refractivity contribution in [2.45, 2.75) is 0 Å². The Balaban J connectivity index is 1.78. The summed E-state index contributed by atoms with van der Waals surface area (Å²) in [5.41, 5.74) is -12.3. The minimum absolute atomic E-state index is 0.659. The van der Waals surface area contributed by atoms with Crippen molar-refractivity contribution in [2.75, 3.05) is 0 Å². The fourth-order valence-electron chi connectivity index (χ4n) is 5.70. The molecular formula is C33H8F15N3. The Morgan fingerprint density at radius 3 is 0.765 bits per heavy atom. The van der Waals surface area contributed by atoms with Crippen LogP contribution in [0.5, 0.6) is 0 Å². The van der Waals surface area contributed by atoms with Crippen LogP contribution in [0.2, 0.25) is 0 Å². The minimum Gasteiger partial charge on any atom is -0.354 e. The minimum atomic E-state index is -2.59. The molecule has 0 atom stereocenters. The first-order valence-electron chi connectivity index (χ1n) is 13.8. The second-order valence-electron chi connectivity index (χ2n) is 10.7. The van der Waals surface area contributed by atoms with Gasteiger partial charge in [0.1, 0.15) is 0 Å². The van der Waals surface area contributed by atoms with Gasteiger partial charge in [0, 0.05) is 38.8 Å². The van der Waals surface area contributed by atoms with Crippen molar-refractivity contribution >= 4 is 34.2 Å². The first-order valence-corrected chi connectivity index (χ1v) is 13.8. The van der Waals surface area contributed by atoms with Gasteiger partial charge in [-0.2, -0.15) is 0 Å². The van der Waals surface area contributed by atoms with E-state index in [1.165, 1.54) is 0 Å². The maximum absolute atomic E-state index is 15.3. The molecule has 0 saturated carbocycles. The Morgan fingerprint density at radius 2 is 0.490 bits per heavy atom. The second kappa shape index (κ2) is 11.6. The molecule has 1 aliphatic heterocycles. The van der Waals surface area contributed by atoms with Crippen LogP contribution in [0.25, 0.3) is 67.6 Å². The van der Waals surface area contributed by atoms with Gasteiger partial charge in [0.2, 0.25) is 17.5 Å². The molecule has 3 nitrogen and oxygen atoms in total. The van der Waals surface area contributed by atoms with Crippen molar-refractivity contribution in [3.63, 3.8) is 0 Å². The zero-order valence-electron chi connectivity index (χ0n) is 24.1. The number of hydrogen-bond acceptors (Lipinski definition) is 1. The molecule has 6 aromatic rings. The van der Waals surface area contributed by atoms with Gasteiger partial charge in [-0.15, -0.1) is 0 Å².